The second kappa shape index (κ2) is 10.4. The second-order valence-corrected chi connectivity index (χ2v) is 17.6. The number of fused-ring (bicyclic) bond motifs is 5. The molecule has 1 N–H and O–H groups in total. The van der Waals surface area contributed by atoms with Gasteiger partial charge in [-0.2, -0.15) is 0 Å². The van der Waals surface area contributed by atoms with Gasteiger partial charge in [-0.15, -0.1) is 0 Å². The normalized spacial score (nSPS) is 26.3. The predicted octanol–water partition coefficient (Wildman–Crippen LogP) is 4.38. The molecule has 2 fully saturated rings. The average molecular weight is 570 g/mol. The number of sulfonamides is 1. The molecular weight excluding hydrogens is 530 g/mol. The average Bonchev–Trinajstić information content (AvgIpc) is 3.43. The molecule has 1 unspecified atom stereocenters. The lowest BCUT2D eigenvalue weighted by molar-refractivity contribution is -0.149. The number of rotatable bonds is 10. The van der Waals surface area contributed by atoms with Crippen LogP contribution in [0.25, 0.3) is 0 Å². The van der Waals surface area contributed by atoms with Crippen molar-refractivity contribution >= 4 is 35.8 Å². The number of carbonyl (C=O) groups excluding carboxylic acids is 2. The summed E-state index contributed by atoms with van der Waals surface area (Å²) in [4.78, 5) is 29.5. The summed E-state index contributed by atoms with van der Waals surface area (Å²) in [6.45, 7) is 8.54. The summed E-state index contributed by atoms with van der Waals surface area (Å²) in [5.74, 6) is -0.505. The molecule has 5 rings (SSSR count). The van der Waals surface area contributed by atoms with Gasteiger partial charge in [0, 0.05) is 5.41 Å². The van der Waals surface area contributed by atoms with Gasteiger partial charge in [0.25, 0.3) is 10.0 Å². The van der Waals surface area contributed by atoms with Crippen LogP contribution >= 0.6 is 0 Å². The lowest BCUT2D eigenvalue weighted by Crippen LogP contribution is -2.67. The first-order chi connectivity index (χ1) is 18.7. The zero-order chi connectivity index (χ0) is 28.0. The molecule has 2 aromatic carbocycles. The van der Waals surface area contributed by atoms with E-state index in [-0.39, 0.29) is 23.3 Å². The fourth-order valence-electron chi connectivity index (χ4n) is 7.00. The number of amides is 2. The Kier molecular flexibility index (Phi) is 7.41. The molecule has 39 heavy (non-hydrogen) atoms. The molecule has 4 atom stereocenters. The van der Waals surface area contributed by atoms with Crippen LogP contribution in [0, 0.1) is 0 Å². The number of nitrogens with zero attached hydrogens (tertiary/aromatic N) is 2. The first kappa shape index (κ1) is 27.9. The number of anilines is 1. The van der Waals surface area contributed by atoms with Gasteiger partial charge in [-0.25, -0.2) is 12.7 Å². The largest absolute Gasteiger partial charge is 0.414 e. The van der Waals surface area contributed by atoms with E-state index in [0.29, 0.717) is 18.5 Å². The van der Waals surface area contributed by atoms with Crippen molar-refractivity contribution in [3.05, 3.63) is 60.2 Å². The topological polar surface area (TPSA) is 96.0 Å². The Labute approximate surface area is 232 Å². The van der Waals surface area contributed by atoms with E-state index in [9.17, 15) is 18.0 Å². The van der Waals surface area contributed by atoms with Gasteiger partial charge in [0.1, 0.15) is 18.2 Å². The van der Waals surface area contributed by atoms with E-state index >= 15 is 0 Å². The Hall–Kier alpha value is -2.69. The Bertz CT molecular complexity index is 1340. The standard InChI is InChI=1S/C29H39N3O5SSi/c1-5-18-29-19-25-26(33)30-23(20-37-39(6-2,7-3)8-4)27(34)31(25)28(29)32(24-17-13-12-16-22(24)29)38(35,36)21-14-10-9-11-15-21/h9-17,23,25,28H,5-8,18-20H2,1-4H3,(H,30,33)/t23?,25-,28-,29+/m0/s1. The van der Waals surface area contributed by atoms with Crippen molar-refractivity contribution in [1.29, 1.82) is 0 Å². The summed E-state index contributed by atoms with van der Waals surface area (Å²) in [6, 6.07) is 17.1. The fraction of sp³-hybridized carbons (Fsp3) is 0.517. The van der Waals surface area contributed by atoms with Crippen LogP contribution in [0.2, 0.25) is 18.1 Å². The number of piperazine rings is 1. The van der Waals surface area contributed by atoms with Crippen molar-refractivity contribution in [2.24, 2.45) is 0 Å². The number of carbonyl (C=O) groups is 2. The summed E-state index contributed by atoms with van der Waals surface area (Å²) >= 11 is 0. The van der Waals surface area contributed by atoms with E-state index in [1.165, 1.54) is 4.31 Å². The molecular formula is C29H39N3O5SSi. The Morgan fingerprint density at radius 2 is 1.62 bits per heavy atom. The van der Waals surface area contributed by atoms with E-state index in [4.69, 9.17) is 4.43 Å². The summed E-state index contributed by atoms with van der Waals surface area (Å²) in [6.07, 6.45) is 0.995. The zero-order valence-electron chi connectivity index (χ0n) is 23.2. The van der Waals surface area contributed by atoms with Crippen LogP contribution < -0.4 is 9.62 Å². The molecule has 0 bridgehead atoms. The molecule has 3 aliphatic rings. The van der Waals surface area contributed by atoms with Crippen LogP contribution in [0.15, 0.2) is 59.5 Å². The highest BCUT2D eigenvalue weighted by molar-refractivity contribution is 7.92. The van der Waals surface area contributed by atoms with E-state index in [2.05, 4.69) is 33.0 Å². The Morgan fingerprint density at radius 3 is 2.26 bits per heavy atom. The quantitative estimate of drug-likeness (QED) is 0.429. The fourth-order valence-corrected chi connectivity index (χ4v) is 11.3. The maximum absolute atomic E-state index is 14.3. The lowest BCUT2D eigenvalue weighted by Gasteiger charge is -2.42. The van der Waals surface area contributed by atoms with Crippen LogP contribution in [-0.2, 0) is 29.5 Å². The summed E-state index contributed by atoms with van der Waals surface area (Å²) in [5.41, 5.74) is 0.780. The second-order valence-electron chi connectivity index (χ2n) is 11.0. The van der Waals surface area contributed by atoms with Gasteiger partial charge in [0.05, 0.1) is 17.2 Å². The van der Waals surface area contributed by atoms with E-state index in [1.54, 1.807) is 35.2 Å². The van der Waals surface area contributed by atoms with Crippen LogP contribution in [0.5, 0.6) is 0 Å². The van der Waals surface area contributed by atoms with Gasteiger partial charge in [-0.3, -0.25) is 9.59 Å². The predicted molar refractivity (Wildman–Crippen MR) is 153 cm³/mol. The number of hydrogen-bond donors (Lipinski definition) is 1. The molecule has 2 saturated heterocycles. The summed E-state index contributed by atoms with van der Waals surface area (Å²) in [5, 5.41) is 2.94. The molecule has 0 spiro atoms. The number of benzene rings is 2. The molecule has 0 radical (unpaired) electrons. The number of hydrogen-bond acceptors (Lipinski definition) is 5. The molecule has 0 aromatic heterocycles. The van der Waals surface area contributed by atoms with Gasteiger partial charge in [0.2, 0.25) is 11.8 Å². The minimum atomic E-state index is -4.04. The van der Waals surface area contributed by atoms with Crippen molar-refractivity contribution in [2.75, 3.05) is 10.9 Å². The molecule has 8 nitrogen and oxygen atoms in total. The van der Waals surface area contributed by atoms with Crippen molar-refractivity contribution in [1.82, 2.24) is 10.2 Å². The SMILES string of the molecule is CCC[C@]12C[C@H]3C(=O)NC(CO[Si](CC)(CC)CC)C(=O)N3[C@H]1N(S(=O)(=O)c1ccccc1)c1ccccc12. The van der Waals surface area contributed by atoms with E-state index in [0.717, 1.165) is 30.1 Å². The highest BCUT2D eigenvalue weighted by Gasteiger charge is 2.66. The molecule has 3 aliphatic heterocycles. The monoisotopic (exact) mass is 569 g/mol. The van der Waals surface area contributed by atoms with Crippen LogP contribution in [-0.4, -0.2) is 58.3 Å². The zero-order valence-corrected chi connectivity index (χ0v) is 25.0. The Morgan fingerprint density at radius 1 is 0.974 bits per heavy atom. The first-order valence-electron chi connectivity index (χ1n) is 14.1. The summed E-state index contributed by atoms with van der Waals surface area (Å²) in [7, 11) is -6.04. The van der Waals surface area contributed by atoms with Crippen molar-refractivity contribution in [3.8, 4) is 0 Å². The smallest absolute Gasteiger partial charge is 0.266 e. The number of para-hydroxylation sites is 1. The lowest BCUT2D eigenvalue weighted by atomic mass is 9.74. The summed E-state index contributed by atoms with van der Waals surface area (Å²) < 4.78 is 36.4. The molecule has 10 heteroatoms. The third-order valence-corrected chi connectivity index (χ3v) is 15.6. The van der Waals surface area contributed by atoms with Crippen molar-refractivity contribution in [3.63, 3.8) is 0 Å². The van der Waals surface area contributed by atoms with Gasteiger partial charge in [0.15, 0.2) is 8.32 Å². The maximum Gasteiger partial charge on any atom is 0.266 e. The van der Waals surface area contributed by atoms with Gasteiger partial charge >= 0.3 is 0 Å². The van der Waals surface area contributed by atoms with Crippen LogP contribution in [0.4, 0.5) is 5.69 Å². The molecule has 0 aliphatic carbocycles. The molecule has 2 amide bonds. The van der Waals surface area contributed by atoms with E-state index in [1.807, 2.05) is 24.3 Å². The van der Waals surface area contributed by atoms with Crippen LogP contribution in [0.3, 0.4) is 0 Å². The number of nitrogens with one attached hydrogen (secondary N) is 1. The Balaban J connectivity index is 1.61. The van der Waals surface area contributed by atoms with Crippen molar-refractivity contribution in [2.45, 2.75) is 93.6 Å². The van der Waals surface area contributed by atoms with Crippen LogP contribution in [0.1, 0.15) is 52.5 Å². The molecule has 2 aromatic rings. The third-order valence-electron chi connectivity index (χ3n) is 9.21. The highest BCUT2D eigenvalue weighted by Crippen LogP contribution is 2.58. The highest BCUT2D eigenvalue weighted by atomic mass is 32.2. The van der Waals surface area contributed by atoms with E-state index < -0.39 is 42.0 Å². The molecule has 0 saturated carbocycles. The van der Waals surface area contributed by atoms with Crippen molar-refractivity contribution < 1.29 is 22.4 Å². The third kappa shape index (κ3) is 4.22. The first-order valence-corrected chi connectivity index (χ1v) is 18.1. The molecule has 3 heterocycles. The minimum Gasteiger partial charge on any atom is -0.414 e. The van der Waals surface area contributed by atoms with Gasteiger partial charge in [-0.1, -0.05) is 70.5 Å². The van der Waals surface area contributed by atoms with Gasteiger partial charge in [-0.05, 0) is 54.7 Å². The molecule has 210 valence electrons. The minimum absolute atomic E-state index is 0.113. The maximum atomic E-state index is 14.3. The van der Waals surface area contributed by atoms with Gasteiger partial charge < -0.3 is 14.6 Å².